The number of carbonyl (C=O) groups excluding carboxylic acids is 8. The van der Waals surface area contributed by atoms with Crippen LogP contribution in [0.1, 0.15) is 82.6 Å². The quantitative estimate of drug-likeness (QED) is 0.217. The molecule has 0 amide bonds. The van der Waals surface area contributed by atoms with E-state index in [1.165, 1.54) is 53.7 Å². The Morgan fingerprint density at radius 2 is 1.23 bits per heavy atom. The molecule has 8 atom stereocenters. The first kappa shape index (κ1) is 39.8. The lowest BCUT2D eigenvalue weighted by atomic mass is 9.72. The largest absolute Gasteiger partial charge is 0.458 e. The molecule has 0 unspecified atom stereocenters. The van der Waals surface area contributed by atoms with Gasteiger partial charge in [0.25, 0.3) is 0 Å². The third-order valence-electron chi connectivity index (χ3n) is 8.23. The van der Waals surface area contributed by atoms with Crippen molar-refractivity contribution in [1.29, 1.82) is 0 Å². The Morgan fingerprint density at radius 3 is 1.69 bits per heavy atom. The molecule has 0 aromatic carbocycles. The fraction of sp³-hybridized carbons (Fsp3) is 0.647. The zero-order valence-electron chi connectivity index (χ0n) is 29.3. The number of hydrogen-bond acceptors (Lipinski definition) is 14. The van der Waals surface area contributed by atoms with Crippen LogP contribution in [0.3, 0.4) is 0 Å². The number of rotatable bonds is 7. The minimum atomic E-state index is -2.35. The molecule has 14 heteroatoms. The Labute approximate surface area is 279 Å². The van der Waals surface area contributed by atoms with E-state index in [-0.39, 0.29) is 5.57 Å². The van der Waals surface area contributed by atoms with Gasteiger partial charge >= 0.3 is 35.8 Å². The highest BCUT2D eigenvalue weighted by Gasteiger charge is 2.72. The van der Waals surface area contributed by atoms with Crippen LogP contribution in [-0.2, 0) is 66.8 Å². The second-order valence-electron chi connectivity index (χ2n) is 13.4. The number of Topliss-reactive ketones (excluding diaryl/α,β-unsaturated/α-hetero) is 2. The third kappa shape index (κ3) is 8.56. The molecule has 2 aliphatic carbocycles. The van der Waals surface area contributed by atoms with Gasteiger partial charge in [-0.15, -0.1) is 0 Å². The van der Waals surface area contributed by atoms with Crippen molar-refractivity contribution in [2.45, 2.75) is 118 Å². The van der Waals surface area contributed by atoms with Gasteiger partial charge < -0.3 is 28.4 Å². The van der Waals surface area contributed by atoms with Crippen LogP contribution in [0.25, 0.3) is 0 Å². The van der Waals surface area contributed by atoms with E-state index in [1.54, 1.807) is 0 Å². The Balaban J connectivity index is 3.22. The second kappa shape index (κ2) is 14.8. The average molecular weight is 679 g/mol. The molecule has 1 fully saturated rings. The summed E-state index contributed by atoms with van der Waals surface area (Å²) in [5.74, 6) is -10.6. The number of esters is 6. The zero-order valence-corrected chi connectivity index (χ0v) is 29.3. The average Bonchev–Trinajstić information content (AvgIpc) is 3.15. The molecule has 1 saturated carbocycles. The van der Waals surface area contributed by atoms with E-state index in [0.717, 1.165) is 34.6 Å². The fourth-order valence-corrected chi connectivity index (χ4v) is 6.28. The molecule has 266 valence electrons. The van der Waals surface area contributed by atoms with Gasteiger partial charge in [-0.2, -0.15) is 0 Å². The molecule has 0 N–H and O–H groups in total. The Kier molecular flexibility index (Phi) is 12.3. The van der Waals surface area contributed by atoms with Crippen LogP contribution in [0.15, 0.2) is 24.3 Å². The van der Waals surface area contributed by atoms with E-state index < -0.39 is 113 Å². The lowest BCUT2D eigenvalue weighted by molar-refractivity contribution is -0.191. The van der Waals surface area contributed by atoms with Crippen LogP contribution < -0.4 is 0 Å². The maximum Gasteiger partial charge on any atom is 0.309 e. The Hall–Kier alpha value is -4.36. The summed E-state index contributed by atoms with van der Waals surface area (Å²) >= 11 is 0. The molecule has 2 aliphatic rings. The topological polar surface area (TPSA) is 192 Å². The fourth-order valence-electron chi connectivity index (χ4n) is 6.28. The highest BCUT2D eigenvalue weighted by molar-refractivity contribution is 5.96. The van der Waals surface area contributed by atoms with Gasteiger partial charge in [0.15, 0.2) is 35.0 Å². The standard InChI is InChI=1S/C34H46O14/c1-16(2)31(42)46-27-26(44-20(6)36)18(4)25(43-19(5)35)24-30(45-21(7)37)33(12,47-22(8)38)15-34(24,48-23(9)39)28(40)17(3)13-14-32(10,11)29(27)41/h13-14,16-17,24-27,30H,4,15H2,1-3,5-12H3/b14-13-/t17-,24-,25-,26-,27-,30+,33+,34+/m0/s1. The van der Waals surface area contributed by atoms with Crippen molar-refractivity contribution in [2.75, 3.05) is 0 Å². The van der Waals surface area contributed by atoms with Crippen LogP contribution in [0, 0.1) is 23.2 Å². The monoisotopic (exact) mass is 678 g/mol. The Morgan fingerprint density at radius 1 is 0.729 bits per heavy atom. The van der Waals surface area contributed by atoms with Crippen LogP contribution in [0.2, 0.25) is 0 Å². The first-order chi connectivity index (χ1) is 21.9. The number of hydrogen-bond donors (Lipinski definition) is 0. The number of ketones is 2. The normalized spacial score (nSPS) is 32.5. The van der Waals surface area contributed by atoms with Crippen LogP contribution >= 0.6 is 0 Å². The van der Waals surface area contributed by atoms with Gasteiger partial charge in [-0.25, -0.2) is 0 Å². The van der Waals surface area contributed by atoms with Gasteiger partial charge in [0.2, 0.25) is 6.10 Å². The van der Waals surface area contributed by atoms with E-state index in [0.29, 0.717) is 0 Å². The van der Waals surface area contributed by atoms with Gasteiger partial charge in [0.1, 0.15) is 6.10 Å². The van der Waals surface area contributed by atoms with Crippen molar-refractivity contribution >= 4 is 47.4 Å². The molecular weight excluding hydrogens is 632 g/mol. The summed E-state index contributed by atoms with van der Waals surface area (Å²) in [5, 5.41) is 0. The highest BCUT2D eigenvalue weighted by atomic mass is 16.6. The zero-order chi connectivity index (χ0) is 37.1. The minimum Gasteiger partial charge on any atom is -0.458 e. The first-order valence-corrected chi connectivity index (χ1v) is 15.5. The highest BCUT2D eigenvalue weighted by Crippen LogP contribution is 2.54. The summed E-state index contributed by atoms with van der Waals surface area (Å²) in [7, 11) is 0. The predicted octanol–water partition coefficient (Wildman–Crippen LogP) is 2.92. The molecule has 14 nitrogen and oxygen atoms in total. The summed E-state index contributed by atoms with van der Waals surface area (Å²) in [5.41, 5.74) is -6.09. The summed E-state index contributed by atoms with van der Waals surface area (Å²) < 4.78 is 34.2. The predicted molar refractivity (Wildman–Crippen MR) is 165 cm³/mol. The maximum atomic E-state index is 14.7. The molecule has 2 rings (SSSR count). The van der Waals surface area contributed by atoms with Gasteiger partial charge in [0, 0.05) is 57.9 Å². The molecule has 0 aliphatic heterocycles. The van der Waals surface area contributed by atoms with E-state index >= 15 is 0 Å². The number of fused-ring (bicyclic) bond motifs is 1. The minimum absolute atomic E-state index is 0.387. The van der Waals surface area contributed by atoms with E-state index in [9.17, 15) is 38.4 Å². The second-order valence-corrected chi connectivity index (χ2v) is 13.4. The molecule has 0 spiro atoms. The molecule has 0 radical (unpaired) electrons. The van der Waals surface area contributed by atoms with Gasteiger partial charge in [-0.05, 0) is 20.8 Å². The number of carbonyl (C=O) groups is 8. The first-order valence-electron chi connectivity index (χ1n) is 15.5. The van der Waals surface area contributed by atoms with Crippen molar-refractivity contribution in [3.05, 3.63) is 24.3 Å². The molecule has 0 aromatic rings. The number of ether oxygens (including phenoxy) is 6. The lowest BCUT2D eigenvalue weighted by Gasteiger charge is -2.42. The van der Waals surface area contributed by atoms with Gasteiger partial charge in [-0.3, -0.25) is 38.4 Å². The van der Waals surface area contributed by atoms with Crippen LogP contribution in [-0.4, -0.2) is 83.0 Å². The molecule has 0 bridgehead atoms. The van der Waals surface area contributed by atoms with E-state index in [4.69, 9.17) is 28.4 Å². The van der Waals surface area contributed by atoms with E-state index in [2.05, 4.69) is 6.58 Å². The molecule has 0 heterocycles. The summed E-state index contributed by atoms with van der Waals surface area (Å²) in [6.07, 6.45) is -5.03. The van der Waals surface area contributed by atoms with Crippen molar-refractivity contribution in [3.63, 3.8) is 0 Å². The molecule has 0 aromatic heterocycles. The van der Waals surface area contributed by atoms with Crippen molar-refractivity contribution in [3.8, 4) is 0 Å². The van der Waals surface area contributed by atoms with Crippen LogP contribution in [0.5, 0.6) is 0 Å². The molecule has 48 heavy (non-hydrogen) atoms. The Bertz CT molecular complexity index is 1410. The van der Waals surface area contributed by atoms with Crippen LogP contribution in [0.4, 0.5) is 0 Å². The van der Waals surface area contributed by atoms with Crippen molar-refractivity contribution in [1.82, 2.24) is 0 Å². The van der Waals surface area contributed by atoms with Crippen molar-refractivity contribution < 1.29 is 66.8 Å². The third-order valence-corrected chi connectivity index (χ3v) is 8.23. The number of allylic oxidation sites excluding steroid dienone is 2. The molecular formula is C34H46O14. The SMILES string of the molecule is C=C1[C@H](OC(C)=O)[C@H]2[C@@H](OC(C)=O)[C@](C)(OC(C)=O)C[C@]2(OC(C)=O)C(=O)[C@@H](C)/C=C\C(C)(C)C(=O)[C@@H](OC(=O)C(C)C)[C@H]1OC(C)=O. The van der Waals surface area contributed by atoms with Crippen molar-refractivity contribution in [2.24, 2.45) is 23.2 Å². The lowest BCUT2D eigenvalue weighted by Crippen LogP contribution is -2.58. The smallest absolute Gasteiger partial charge is 0.309 e. The summed E-state index contributed by atoms with van der Waals surface area (Å²) in [6.45, 7) is 18.0. The summed E-state index contributed by atoms with van der Waals surface area (Å²) in [4.78, 5) is 105. The summed E-state index contributed by atoms with van der Waals surface area (Å²) in [6, 6.07) is 0. The maximum absolute atomic E-state index is 14.7. The van der Waals surface area contributed by atoms with E-state index in [1.807, 2.05) is 0 Å². The van der Waals surface area contributed by atoms with Gasteiger partial charge in [0.05, 0.1) is 11.8 Å². The van der Waals surface area contributed by atoms with Gasteiger partial charge in [-0.1, -0.05) is 39.5 Å². The molecule has 0 saturated heterocycles.